The molecule has 0 N–H and O–H groups in total. The highest BCUT2D eigenvalue weighted by atomic mass is 32.2. The van der Waals surface area contributed by atoms with Crippen LogP contribution in [0.25, 0.3) is 11.1 Å². The normalized spacial score (nSPS) is 28.6. The Balaban J connectivity index is 1.05. The van der Waals surface area contributed by atoms with Crippen LogP contribution >= 0.6 is 11.8 Å². The van der Waals surface area contributed by atoms with Gasteiger partial charge in [-0.15, -0.1) is 0 Å². The lowest BCUT2D eigenvalue weighted by molar-refractivity contribution is -0.0443. The first-order chi connectivity index (χ1) is 27.6. The minimum atomic E-state index is 0.131. The predicted octanol–water partition coefficient (Wildman–Crippen LogP) is 15.7. The SMILES string of the molecule is CC1(C)CCC(C)(C)c2cc(-c3ccc(N(c4ccc5c(c4)Sc4ccccc4C54C5CC6CC(C5)CC4C6)c4ccc5c(c4)C(C)(C)CCC5(C)C)cc3)ccc21. The van der Waals surface area contributed by atoms with Crippen molar-refractivity contribution in [3.8, 4) is 11.1 Å². The van der Waals surface area contributed by atoms with Crippen molar-refractivity contribution in [3.05, 3.63) is 137 Å². The summed E-state index contributed by atoms with van der Waals surface area (Å²) in [4.78, 5) is 5.54. The molecule has 4 saturated carbocycles. The second-order valence-electron chi connectivity index (χ2n) is 22.4. The van der Waals surface area contributed by atoms with Gasteiger partial charge in [0, 0.05) is 32.3 Å². The lowest BCUT2D eigenvalue weighted by Gasteiger charge is -2.63. The van der Waals surface area contributed by atoms with Gasteiger partial charge in [-0.25, -0.2) is 0 Å². The van der Waals surface area contributed by atoms with E-state index in [9.17, 15) is 0 Å². The van der Waals surface area contributed by atoms with Gasteiger partial charge in [-0.05, 0) is 190 Å². The molecule has 7 aliphatic rings. The van der Waals surface area contributed by atoms with Crippen molar-refractivity contribution in [3.63, 3.8) is 0 Å². The van der Waals surface area contributed by atoms with Crippen LogP contribution < -0.4 is 4.90 Å². The zero-order valence-electron chi connectivity index (χ0n) is 36.3. The van der Waals surface area contributed by atoms with E-state index in [-0.39, 0.29) is 27.1 Å². The number of hydrogen-bond acceptors (Lipinski definition) is 2. The molecule has 2 heteroatoms. The van der Waals surface area contributed by atoms with Gasteiger partial charge in [0.2, 0.25) is 0 Å². The Morgan fingerprint density at radius 1 is 0.414 bits per heavy atom. The van der Waals surface area contributed by atoms with Crippen LogP contribution in [0.1, 0.15) is 147 Å². The van der Waals surface area contributed by atoms with E-state index in [0.29, 0.717) is 0 Å². The first-order valence-corrected chi connectivity index (χ1v) is 23.6. The topological polar surface area (TPSA) is 3.24 Å². The standard InChI is InChI=1S/C56H63NS/c1-52(2)23-25-54(5,6)48-32-38(15-20-44(48)52)37-13-16-41(17-14-37)57(42-18-21-45-49(33-42)55(7,8)26-24-53(45,3)4)43-19-22-47-51(34-43)58-50-12-10-9-11-46(50)56(47)39-28-35-27-36(30-39)31-40(56)29-35/h9-22,32-36,39-40H,23-31H2,1-8H3. The molecule has 6 aliphatic carbocycles. The van der Waals surface area contributed by atoms with E-state index in [2.05, 4.69) is 163 Å². The van der Waals surface area contributed by atoms with E-state index in [1.165, 1.54) is 118 Å². The molecule has 58 heavy (non-hydrogen) atoms. The van der Waals surface area contributed by atoms with Gasteiger partial charge < -0.3 is 4.90 Å². The smallest absolute Gasteiger partial charge is 0.0473 e. The highest BCUT2D eigenvalue weighted by Crippen LogP contribution is 2.69. The Bertz CT molecular complexity index is 2430. The molecule has 0 atom stereocenters. The third kappa shape index (κ3) is 5.48. The van der Waals surface area contributed by atoms with E-state index in [1.807, 2.05) is 11.8 Å². The molecule has 4 bridgehead atoms. The maximum Gasteiger partial charge on any atom is 0.0473 e. The average molecular weight is 782 g/mol. The summed E-state index contributed by atoms with van der Waals surface area (Å²) < 4.78 is 0. The maximum absolute atomic E-state index is 2.60. The van der Waals surface area contributed by atoms with Crippen molar-refractivity contribution in [2.75, 3.05) is 4.90 Å². The molecule has 0 radical (unpaired) electrons. The molecule has 5 aromatic carbocycles. The van der Waals surface area contributed by atoms with Gasteiger partial charge in [0.15, 0.2) is 0 Å². The number of benzene rings is 5. The van der Waals surface area contributed by atoms with Crippen molar-refractivity contribution < 1.29 is 0 Å². The zero-order valence-corrected chi connectivity index (χ0v) is 37.2. The lowest BCUT2D eigenvalue weighted by atomic mass is 9.42. The minimum Gasteiger partial charge on any atom is -0.310 e. The Hall–Kier alpha value is -3.75. The van der Waals surface area contributed by atoms with Crippen LogP contribution in [0, 0.1) is 23.7 Å². The lowest BCUT2D eigenvalue weighted by Crippen LogP contribution is -2.57. The molecule has 0 unspecified atom stereocenters. The summed E-state index contributed by atoms with van der Waals surface area (Å²) in [5, 5.41) is 0. The van der Waals surface area contributed by atoms with Crippen molar-refractivity contribution in [1.29, 1.82) is 0 Å². The maximum atomic E-state index is 2.60. The summed E-state index contributed by atoms with van der Waals surface area (Å²) in [6.07, 6.45) is 12.0. The zero-order chi connectivity index (χ0) is 40.0. The van der Waals surface area contributed by atoms with Gasteiger partial charge in [-0.3, -0.25) is 0 Å². The van der Waals surface area contributed by atoms with Gasteiger partial charge in [-0.1, -0.05) is 128 Å². The molecule has 1 heterocycles. The van der Waals surface area contributed by atoms with Crippen molar-refractivity contribution >= 4 is 28.8 Å². The third-order valence-corrected chi connectivity index (χ3v) is 18.2. The number of anilines is 3. The van der Waals surface area contributed by atoms with Crippen LogP contribution in [0.5, 0.6) is 0 Å². The van der Waals surface area contributed by atoms with Gasteiger partial charge in [0.05, 0.1) is 0 Å². The number of rotatable bonds is 4. The Labute approximate surface area is 353 Å². The molecule has 1 nitrogen and oxygen atoms in total. The minimum absolute atomic E-state index is 0.131. The highest BCUT2D eigenvalue weighted by molar-refractivity contribution is 7.99. The van der Waals surface area contributed by atoms with Gasteiger partial charge >= 0.3 is 0 Å². The molecular formula is C56H63NS. The van der Waals surface area contributed by atoms with Crippen LogP contribution in [-0.2, 0) is 27.1 Å². The fourth-order valence-corrected chi connectivity index (χ4v) is 15.0. The average Bonchev–Trinajstić information content (AvgIpc) is 3.20. The molecule has 12 rings (SSSR count). The molecule has 4 fully saturated rings. The van der Waals surface area contributed by atoms with Gasteiger partial charge in [-0.2, -0.15) is 0 Å². The van der Waals surface area contributed by atoms with Gasteiger partial charge in [0.25, 0.3) is 0 Å². The van der Waals surface area contributed by atoms with Crippen LogP contribution in [-0.4, -0.2) is 0 Å². The molecule has 1 spiro atoms. The Kier molecular flexibility index (Phi) is 8.12. The summed E-state index contributed by atoms with van der Waals surface area (Å²) in [6.45, 7) is 19.5. The van der Waals surface area contributed by atoms with Crippen LogP contribution in [0.15, 0.2) is 113 Å². The molecule has 1 aliphatic heterocycles. The Morgan fingerprint density at radius 2 is 0.879 bits per heavy atom. The molecule has 0 aromatic heterocycles. The second kappa shape index (κ2) is 12.6. The van der Waals surface area contributed by atoms with E-state index >= 15 is 0 Å². The summed E-state index contributed by atoms with van der Waals surface area (Å²) in [6, 6.07) is 41.5. The summed E-state index contributed by atoms with van der Waals surface area (Å²) >= 11 is 2.03. The first-order valence-electron chi connectivity index (χ1n) is 22.8. The van der Waals surface area contributed by atoms with E-state index in [0.717, 1.165) is 23.7 Å². The van der Waals surface area contributed by atoms with Gasteiger partial charge in [0.1, 0.15) is 0 Å². The number of nitrogens with zero attached hydrogens (tertiary/aromatic N) is 1. The second-order valence-corrected chi connectivity index (χ2v) is 23.4. The quantitative estimate of drug-likeness (QED) is 0.179. The van der Waals surface area contributed by atoms with E-state index in [4.69, 9.17) is 0 Å². The van der Waals surface area contributed by atoms with E-state index < -0.39 is 0 Å². The van der Waals surface area contributed by atoms with Crippen LogP contribution in [0.4, 0.5) is 17.1 Å². The summed E-state index contributed by atoms with van der Waals surface area (Å²) in [5.41, 5.74) is 16.6. The molecule has 5 aromatic rings. The third-order valence-electron chi connectivity index (χ3n) is 17.1. The summed E-state index contributed by atoms with van der Waals surface area (Å²) in [7, 11) is 0. The molecule has 298 valence electrons. The van der Waals surface area contributed by atoms with Crippen molar-refractivity contribution in [1.82, 2.24) is 0 Å². The fraction of sp³-hybridized carbons (Fsp3) is 0.464. The van der Waals surface area contributed by atoms with Crippen LogP contribution in [0.2, 0.25) is 0 Å². The summed E-state index contributed by atoms with van der Waals surface area (Å²) in [5.74, 6) is 3.39. The van der Waals surface area contributed by atoms with E-state index in [1.54, 1.807) is 11.1 Å². The molecule has 0 amide bonds. The Morgan fingerprint density at radius 3 is 1.50 bits per heavy atom. The first kappa shape index (κ1) is 37.3. The highest BCUT2D eigenvalue weighted by Gasteiger charge is 2.60. The molecule has 0 saturated heterocycles. The predicted molar refractivity (Wildman–Crippen MR) is 246 cm³/mol. The van der Waals surface area contributed by atoms with Crippen molar-refractivity contribution in [2.24, 2.45) is 23.7 Å². The monoisotopic (exact) mass is 781 g/mol. The largest absolute Gasteiger partial charge is 0.310 e. The van der Waals surface area contributed by atoms with Crippen LogP contribution in [0.3, 0.4) is 0 Å². The fourth-order valence-electron chi connectivity index (χ4n) is 13.8. The number of hydrogen-bond donors (Lipinski definition) is 0. The van der Waals surface area contributed by atoms with Crippen molar-refractivity contribution in [2.45, 2.75) is 150 Å². The molecular weight excluding hydrogens is 719 g/mol. The number of fused-ring (bicyclic) bond motifs is 4.